The number of fused-ring (bicyclic) bond motifs is 1. The van der Waals surface area contributed by atoms with Gasteiger partial charge in [-0.15, -0.1) is 0 Å². The summed E-state index contributed by atoms with van der Waals surface area (Å²) in [7, 11) is -2.62. The van der Waals surface area contributed by atoms with Crippen LogP contribution in [0.1, 0.15) is 50.3 Å². The maximum Gasteiger partial charge on any atom is 0.319 e. The Bertz CT molecular complexity index is 990. The molecule has 0 aromatic heterocycles. The molecule has 30 heavy (non-hydrogen) atoms. The van der Waals surface area contributed by atoms with E-state index in [1.165, 1.54) is 33.5 Å². The SMILES string of the molecule is Cc1ccc2c(c1O[Si](c1ccccc1)(c1ccccc1)C(C)(C)C)CCCC=C2. The molecule has 0 bridgehead atoms. The number of hydrogen-bond donors (Lipinski definition) is 0. The molecule has 0 radical (unpaired) electrons. The summed E-state index contributed by atoms with van der Waals surface area (Å²) in [6.07, 6.45) is 7.95. The molecule has 3 aromatic carbocycles. The Balaban J connectivity index is 1.99. The molecule has 0 fully saturated rings. The van der Waals surface area contributed by atoms with Crippen molar-refractivity contribution < 1.29 is 4.43 Å². The smallest absolute Gasteiger partial charge is 0.319 e. The number of rotatable bonds is 4. The van der Waals surface area contributed by atoms with Crippen LogP contribution in [0.15, 0.2) is 78.9 Å². The zero-order valence-corrected chi connectivity index (χ0v) is 19.6. The molecule has 0 saturated heterocycles. The molecule has 0 saturated carbocycles. The van der Waals surface area contributed by atoms with E-state index < -0.39 is 8.32 Å². The van der Waals surface area contributed by atoms with Crippen LogP contribution in [0, 0.1) is 6.92 Å². The Morgan fingerprint density at radius 2 is 1.40 bits per heavy atom. The molecule has 0 amide bonds. The predicted molar refractivity (Wildman–Crippen MR) is 131 cm³/mol. The molecule has 0 unspecified atom stereocenters. The summed E-state index contributed by atoms with van der Waals surface area (Å²) in [5, 5.41) is 2.61. The van der Waals surface area contributed by atoms with E-state index in [-0.39, 0.29) is 5.04 Å². The van der Waals surface area contributed by atoms with Crippen LogP contribution in [0.4, 0.5) is 0 Å². The number of aryl methyl sites for hydroxylation is 1. The van der Waals surface area contributed by atoms with E-state index in [0.29, 0.717) is 0 Å². The highest BCUT2D eigenvalue weighted by atomic mass is 28.4. The lowest BCUT2D eigenvalue weighted by Gasteiger charge is -2.43. The third kappa shape index (κ3) is 3.65. The van der Waals surface area contributed by atoms with Gasteiger partial charge in [-0.2, -0.15) is 0 Å². The van der Waals surface area contributed by atoms with Crippen molar-refractivity contribution in [2.75, 3.05) is 0 Å². The molecular formula is C28H32OSi. The summed E-state index contributed by atoms with van der Waals surface area (Å²) in [5.74, 6) is 1.10. The van der Waals surface area contributed by atoms with E-state index >= 15 is 0 Å². The summed E-state index contributed by atoms with van der Waals surface area (Å²) in [5.41, 5.74) is 3.92. The van der Waals surface area contributed by atoms with Gasteiger partial charge in [0.05, 0.1) is 0 Å². The Labute approximate surface area is 182 Å². The minimum absolute atomic E-state index is 0.0363. The minimum Gasteiger partial charge on any atom is -0.534 e. The predicted octanol–water partition coefficient (Wildman–Crippen LogP) is 6.28. The van der Waals surface area contributed by atoms with Crippen molar-refractivity contribution in [2.45, 2.75) is 52.0 Å². The number of benzene rings is 3. The second kappa shape index (κ2) is 8.27. The summed E-state index contributed by atoms with van der Waals surface area (Å²) >= 11 is 0. The Hall–Kier alpha value is -2.58. The molecule has 0 heterocycles. The molecule has 1 aliphatic rings. The van der Waals surface area contributed by atoms with Crippen LogP contribution >= 0.6 is 0 Å². The van der Waals surface area contributed by atoms with Crippen molar-refractivity contribution in [3.8, 4) is 5.75 Å². The fraction of sp³-hybridized carbons (Fsp3) is 0.286. The number of allylic oxidation sites excluding steroid dienone is 1. The summed E-state index contributed by atoms with van der Waals surface area (Å²) in [6, 6.07) is 26.3. The standard InChI is InChI=1S/C28H32OSi/c1-22-20-21-23-14-8-5-13-19-26(23)27(22)29-30(28(2,3)4,24-15-9-6-10-16-24)25-17-11-7-12-18-25/h6-12,14-18,20-21H,5,13,19H2,1-4H3. The zero-order valence-electron chi connectivity index (χ0n) is 18.6. The van der Waals surface area contributed by atoms with Gasteiger partial charge in [-0.05, 0) is 52.7 Å². The average molecular weight is 413 g/mol. The van der Waals surface area contributed by atoms with Crippen molar-refractivity contribution in [1.29, 1.82) is 0 Å². The second-order valence-corrected chi connectivity index (χ2v) is 13.6. The van der Waals surface area contributed by atoms with Crippen molar-refractivity contribution in [2.24, 2.45) is 0 Å². The van der Waals surface area contributed by atoms with Gasteiger partial charge in [-0.3, -0.25) is 0 Å². The maximum absolute atomic E-state index is 7.43. The monoisotopic (exact) mass is 412 g/mol. The normalized spacial score (nSPS) is 14.1. The Kier molecular flexibility index (Phi) is 5.70. The third-order valence-corrected chi connectivity index (χ3v) is 11.2. The average Bonchev–Trinajstić information content (AvgIpc) is 2.99. The highest BCUT2D eigenvalue weighted by Gasteiger charge is 2.52. The van der Waals surface area contributed by atoms with Crippen LogP contribution in [-0.4, -0.2) is 8.32 Å². The van der Waals surface area contributed by atoms with Gasteiger partial charge < -0.3 is 4.43 Å². The van der Waals surface area contributed by atoms with Crippen LogP contribution in [0.5, 0.6) is 5.75 Å². The van der Waals surface area contributed by atoms with Crippen molar-refractivity contribution >= 4 is 24.8 Å². The quantitative estimate of drug-likeness (QED) is 0.458. The van der Waals surface area contributed by atoms with E-state index in [2.05, 4.69) is 113 Å². The summed E-state index contributed by atoms with van der Waals surface area (Å²) in [6.45, 7) is 9.23. The van der Waals surface area contributed by atoms with Gasteiger partial charge in [-0.1, -0.05) is 106 Å². The first-order valence-electron chi connectivity index (χ1n) is 11.0. The molecule has 154 valence electrons. The van der Waals surface area contributed by atoms with Crippen LogP contribution in [0.3, 0.4) is 0 Å². The third-order valence-electron chi connectivity index (χ3n) is 6.26. The summed E-state index contributed by atoms with van der Waals surface area (Å²) < 4.78 is 7.43. The molecule has 2 heteroatoms. The highest BCUT2D eigenvalue weighted by Crippen LogP contribution is 2.41. The zero-order chi connectivity index (χ0) is 21.2. The van der Waals surface area contributed by atoms with Crippen LogP contribution in [-0.2, 0) is 6.42 Å². The molecule has 0 N–H and O–H groups in total. The fourth-order valence-corrected chi connectivity index (χ4v) is 9.25. The topological polar surface area (TPSA) is 9.23 Å². The van der Waals surface area contributed by atoms with Crippen LogP contribution in [0.25, 0.3) is 6.08 Å². The minimum atomic E-state index is -2.62. The van der Waals surface area contributed by atoms with E-state index in [0.717, 1.165) is 18.6 Å². The number of hydrogen-bond acceptors (Lipinski definition) is 1. The Morgan fingerprint density at radius 1 is 0.800 bits per heavy atom. The first-order valence-corrected chi connectivity index (χ1v) is 12.9. The molecule has 1 nitrogen and oxygen atoms in total. The molecule has 3 aromatic rings. The van der Waals surface area contributed by atoms with E-state index in [1.807, 2.05) is 0 Å². The van der Waals surface area contributed by atoms with Crippen molar-refractivity contribution in [1.82, 2.24) is 0 Å². The van der Waals surface area contributed by atoms with Gasteiger partial charge in [0.1, 0.15) is 5.75 Å². The lowest BCUT2D eigenvalue weighted by molar-refractivity contribution is 0.498. The molecule has 4 rings (SSSR count). The van der Waals surface area contributed by atoms with E-state index in [4.69, 9.17) is 4.43 Å². The molecule has 1 aliphatic carbocycles. The first-order chi connectivity index (χ1) is 14.4. The first kappa shape index (κ1) is 20.7. The van der Waals surface area contributed by atoms with Gasteiger partial charge in [0.15, 0.2) is 0 Å². The lowest BCUT2D eigenvalue weighted by Crippen LogP contribution is -2.69. The van der Waals surface area contributed by atoms with Crippen molar-refractivity contribution in [3.05, 3.63) is 95.6 Å². The van der Waals surface area contributed by atoms with Crippen LogP contribution < -0.4 is 14.8 Å². The maximum atomic E-state index is 7.43. The van der Waals surface area contributed by atoms with Gasteiger partial charge in [0.2, 0.25) is 0 Å². The molecular weight excluding hydrogens is 380 g/mol. The lowest BCUT2D eigenvalue weighted by atomic mass is 10.0. The second-order valence-electron chi connectivity index (χ2n) is 9.34. The Morgan fingerprint density at radius 3 is 1.97 bits per heavy atom. The van der Waals surface area contributed by atoms with Gasteiger partial charge in [-0.25, -0.2) is 0 Å². The largest absolute Gasteiger partial charge is 0.534 e. The van der Waals surface area contributed by atoms with Crippen molar-refractivity contribution in [3.63, 3.8) is 0 Å². The fourth-order valence-electron chi connectivity index (χ4n) is 4.73. The van der Waals surface area contributed by atoms with Gasteiger partial charge >= 0.3 is 8.32 Å². The van der Waals surface area contributed by atoms with E-state index in [9.17, 15) is 0 Å². The summed E-state index contributed by atoms with van der Waals surface area (Å²) in [4.78, 5) is 0. The van der Waals surface area contributed by atoms with Gasteiger partial charge in [0.25, 0.3) is 0 Å². The van der Waals surface area contributed by atoms with Crippen LogP contribution in [0.2, 0.25) is 5.04 Å². The molecule has 0 aliphatic heterocycles. The molecule has 0 spiro atoms. The van der Waals surface area contributed by atoms with E-state index in [1.54, 1.807) is 0 Å². The highest BCUT2D eigenvalue weighted by molar-refractivity contribution is 7.00. The molecule has 0 atom stereocenters. The van der Waals surface area contributed by atoms with Gasteiger partial charge in [0, 0.05) is 5.56 Å².